The van der Waals surface area contributed by atoms with E-state index in [1.54, 1.807) is 37.2 Å². The molecule has 4 heteroatoms. The Morgan fingerprint density at radius 3 is 2.19 bits per heavy atom. The van der Waals surface area contributed by atoms with Crippen molar-refractivity contribution < 1.29 is 15.0 Å². The predicted molar refractivity (Wildman–Crippen MR) is 110 cm³/mol. The average Bonchev–Trinajstić information content (AvgIpc) is 2.60. The van der Waals surface area contributed by atoms with Crippen LogP contribution in [0, 0.1) is 0 Å². The average molecular weight is 364 g/mol. The van der Waals surface area contributed by atoms with Gasteiger partial charge in [0, 0.05) is 20.5 Å². The molecule has 0 radical (unpaired) electrons. The number of rotatable bonds is 14. The van der Waals surface area contributed by atoms with E-state index < -0.39 is 12.2 Å². The van der Waals surface area contributed by atoms with Gasteiger partial charge in [0.2, 0.25) is 5.91 Å². The normalized spacial score (nSPS) is 14.8. The van der Waals surface area contributed by atoms with Gasteiger partial charge in [-0.2, -0.15) is 0 Å². The maximum Gasteiger partial charge on any atom is 0.222 e. The van der Waals surface area contributed by atoms with E-state index in [0.29, 0.717) is 25.7 Å². The topological polar surface area (TPSA) is 60.8 Å². The summed E-state index contributed by atoms with van der Waals surface area (Å²) in [6.07, 6.45) is 21.0. The number of hydrogen-bond acceptors (Lipinski definition) is 3. The fourth-order valence-electron chi connectivity index (χ4n) is 2.24. The summed E-state index contributed by atoms with van der Waals surface area (Å²) in [5.41, 5.74) is 0. The number of hydrogen-bond donors (Lipinski definition) is 2. The van der Waals surface area contributed by atoms with E-state index in [1.165, 1.54) is 19.3 Å². The van der Waals surface area contributed by atoms with Crippen LogP contribution in [0.25, 0.3) is 0 Å². The second-order valence-electron chi connectivity index (χ2n) is 6.67. The van der Waals surface area contributed by atoms with E-state index in [0.717, 1.165) is 6.42 Å². The van der Waals surface area contributed by atoms with Crippen LogP contribution in [0.4, 0.5) is 0 Å². The Kier molecular flexibility index (Phi) is 15.7. The second-order valence-corrected chi connectivity index (χ2v) is 6.67. The number of nitrogens with zero attached hydrogens (tertiary/aromatic N) is 1. The molecule has 0 aromatic rings. The molecule has 1 amide bonds. The smallest absolute Gasteiger partial charge is 0.222 e. The van der Waals surface area contributed by atoms with Gasteiger partial charge in [-0.15, -0.1) is 0 Å². The number of allylic oxidation sites excluding steroid dienone is 5. The zero-order chi connectivity index (χ0) is 19.6. The van der Waals surface area contributed by atoms with Crippen molar-refractivity contribution >= 4 is 5.91 Å². The molecule has 2 atom stereocenters. The maximum atomic E-state index is 11.4. The quantitative estimate of drug-likeness (QED) is 0.277. The van der Waals surface area contributed by atoms with Crippen molar-refractivity contribution in [1.29, 1.82) is 0 Å². The number of amides is 1. The van der Waals surface area contributed by atoms with Crippen LogP contribution < -0.4 is 0 Å². The molecule has 0 fully saturated rings. The van der Waals surface area contributed by atoms with Crippen LogP contribution in [-0.2, 0) is 4.79 Å². The zero-order valence-corrected chi connectivity index (χ0v) is 16.7. The van der Waals surface area contributed by atoms with Gasteiger partial charge in [-0.25, -0.2) is 0 Å². The first-order chi connectivity index (χ1) is 12.5. The van der Waals surface area contributed by atoms with Crippen molar-refractivity contribution in [3.05, 3.63) is 48.6 Å². The van der Waals surface area contributed by atoms with E-state index >= 15 is 0 Å². The Morgan fingerprint density at radius 1 is 0.923 bits per heavy atom. The molecule has 0 saturated carbocycles. The molecule has 0 aromatic heterocycles. The Morgan fingerprint density at radius 2 is 1.58 bits per heavy atom. The third-order valence-electron chi connectivity index (χ3n) is 3.91. The lowest BCUT2D eigenvalue weighted by Crippen LogP contribution is -2.21. The van der Waals surface area contributed by atoms with E-state index in [1.807, 2.05) is 24.3 Å². The van der Waals surface area contributed by atoms with Crippen molar-refractivity contribution in [2.75, 3.05) is 14.1 Å². The lowest BCUT2D eigenvalue weighted by Gasteiger charge is -2.10. The molecular formula is C22H37NO3. The predicted octanol–water partition coefficient (Wildman–Crippen LogP) is 4.16. The highest BCUT2D eigenvalue weighted by Gasteiger charge is 2.05. The fourth-order valence-corrected chi connectivity index (χ4v) is 2.24. The monoisotopic (exact) mass is 363 g/mol. The minimum Gasteiger partial charge on any atom is -0.389 e. The van der Waals surface area contributed by atoms with Crippen molar-refractivity contribution in [2.24, 2.45) is 0 Å². The molecule has 0 heterocycles. The molecule has 0 rings (SSSR count). The molecule has 0 bridgehead atoms. The highest BCUT2D eigenvalue weighted by atomic mass is 16.3. The first-order valence-electron chi connectivity index (χ1n) is 9.70. The van der Waals surface area contributed by atoms with Crippen LogP contribution in [-0.4, -0.2) is 47.3 Å². The van der Waals surface area contributed by atoms with E-state index in [-0.39, 0.29) is 5.91 Å². The molecule has 26 heavy (non-hydrogen) atoms. The second kappa shape index (κ2) is 16.8. The van der Waals surface area contributed by atoms with Crippen molar-refractivity contribution in [1.82, 2.24) is 4.90 Å². The lowest BCUT2D eigenvalue weighted by atomic mass is 10.1. The Labute approximate surface area is 159 Å². The first-order valence-corrected chi connectivity index (χ1v) is 9.70. The van der Waals surface area contributed by atoms with Crippen LogP contribution in [0.1, 0.15) is 58.3 Å². The Balaban J connectivity index is 3.86. The molecule has 0 aliphatic carbocycles. The van der Waals surface area contributed by atoms with Gasteiger partial charge in [0.1, 0.15) is 0 Å². The minimum absolute atomic E-state index is 0.0839. The van der Waals surface area contributed by atoms with Crippen molar-refractivity contribution in [2.45, 2.75) is 70.5 Å². The molecule has 0 spiro atoms. The lowest BCUT2D eigenvalue weighted by molar-refractivity contribution is -0.128. The first kappa shape index (κ1) is 24.4. The number of carbonyl (C=O) groups is 1. The van der Waals surface area contributed by atoms with Gasteiger partial charge in [0.05, 0.1) is 12.2 Å². The summed E-state index contributed by atoms with van der Waals surface area (Å²) in [5.74, 6) is 0.0839. The Bertz CT molecular complexity index is 464. The molecule has 0 aromatic carbocycles. The molecule has 2 N–H and O–H groups in total. The van der Waals surface area contributed by atoms with Gasteiger partial charge in [0.15, 0.2) is 0 Å². The molecule has 0 aliphatic heterocycles. The van der Waals surface area contributed by atoms with Gasteiger partial charge < -0.3 is 15.1 Å². The highest BCUT2D eigenvalue weighted by molar-refractivity contribution is 5.75. The van der Waals surface area contributed by atoms with Crippen LogP contribution in [0.3, 0.4) is 0 Å². The third kappa shape index (κ3) is 15.9. The summed E-state index contributed by atoms with van der Waals surface area (Å²) < 4.78 is 0. The van der Waals surface area contributed by atoms with E-state index in [2.05, 4.69) is 13.0 Å². The number of aliphatic hydroxyl groups is 2. The van der Waals surface area contributed by atoms with Crippen molar-refractivity contribution in [3.8, 4) is 0 Å². The summed E-state index contributed by atoms with van der Waals surface area (Å²) in [6.45, 7) is 2.19. The third-order valence-corrected chi connectivity index (χ3v) is 3.91. The number of unbranched alkanes of at least 4 members (excludes halogenated alkanes) is 3. The van der Waals surface area contributed by atoms with E-state index in [9.17, 15) is 15.0 Å². The van der Waals surface area contributed by atoms with Gasteiger partial charge in [-0.05, 0) is 32.1 Å². The molecule has 0 saturated heterocycles. The number of aliphatic hydroxyl groups excluding tert-OH is 2. The summed E-state index contributed by atoms with van der Waals surface area (Å²) in [7, 11) is 3.47. The largest absolute Gasteiger partial charge is 0.389 e. The number of carbonyl (C=O) groups excluding carboxylic acids is 1. The fraction of sp³-hybridized carbons (Fsp3) is 0.591. The molecule has 0 aliphatic rings. The minimum atomic E-state index is -0.540. The van der Waals surface area contributed by atoms with Gasteiger partial charge >= 0.3 is 0 Å². The maximum absolute atomic E-state index is 11.4. The SMILES string of the molecule is CCCCCC=CC[C@@H](O)C=CC=CC=C[C@@H](O)CCCC(=O)N(C)C. The molecular weight excluding hydrogens is 326 g/mol. The van der Waals surface area contributed by atoms with Crippen LogP contribution >= 0.6 is 0 Å². The zero-order valence-electron chi connectivity index (χ0n) is 16.7. The molecule has 148 valence electrons. The van der Waals surface area contributed by atoms with E-state index in [4.69, 9.17) is 0 Å². The summed E-state index contributed by atoms with van der Waals surface area (Å²) in [6, 6.07) is 0. The van der Waals surface area contributed by atoms with Gasteiger partial charge in [-0.3, -0.25) is 4.79 Å². The standard InChI is InChI=1S/C22H37NO3/c1-4-5-6-7-8-11-15-20(24)16-12-9-10-13-17-21(25)18-14-19-22(26)23(2)3/h8-13,16-17,20-21,24-25H,4-7,14-15,18-19H2,1-3H3/t20-,21-/m1/s1. The van der Waals surface area contributed by atoms with Crippen LogP contribution in [0.5, 0.6) is 0 Å². The molecule has 0 unspecified atom stereocenters. The van der Waals surface area contributed by atoms with Crippen LogP contribution in [0.2, 0.25) is 0 Å². The highest BCUT2D eigenvalue weighted by Crippen LogP contribution is 2.04. The van der Waals surface area contributed by atoms with Crippen LogP contribution in [0.15, 0.2) is 48.6 Å². The summed E-state index contributed by atoms with van der Waals surface area (Å²) >= 11 is 0. The Hall–Kier alpha value is -1.65. The summed E-state index contributed by atoms with van der Waals surface area (Å²) in [5, 5.41) is 19.6. The van der Waals surface area contributed by atoms with Gasteiger partial charge in [-0.1, -0.05) is 68.4 Å². The summed E-state index contributed by atoms with van der Waals surface area (Å²) in [4.78, 5) is 13.0. The van der Waals surface area contributed by atoms with Gasteiger partial charge in [0.25, 0.3) is 0 Å². The van der Waals surface area contributed by atoms with Crippen molar-refractivity contribution in [3.63, 3.8) is 0 Å². The molecule has 4 nitrogen and oxygen atoms in total.